The molecule has 1 aliphatic rings. The van der Waals surface area contributed by atoms with Gasteiger partial charge in [0.05, 0.1) is 4.90 Å². The lowest BCUT2D eigenvalue weighted by atomic mass is 9.95. The smallest absolute Gasteiger partial charge is 0.243 e. The average Bonchev–Trinajstić information content (AvgIpc) is 3.09. The van der Waals surface area contributed by atoms with E-state index in [0.29, 0.717) is 17.5 Å². The van der Waals surface area contributed by atoms with E-state index in [1.54, 1.807) is 36.7 Å². The molecule has 0 atom stereocenters. The molecule has 6 rings (SSSR count). The molecule has 0 spiro atoms. The summed E-state index contributed by atoms with van der Waals surface area (Å²) < 4.78 is 35.3. The number of benzene rings is 4. The average molecular weight is 618 g/mol. The largest absolute Gasteiger partial charge is 0.457 e. The molecule has 1 fully saturated rings. The summed E-state index contributed by atoms with van der Waals surface area (Å²) in [6, 6.07) is 37.2. The maximum atomic E-state index is 13.9. The van der Waals surface area contributed by atoms with Crippen LogP contribution in [0.5, 0.6) is 11.5 Å². The van der Waals surface area contributed by atoms with Crippen molar-refractivity contribution < 1.29 is 13.2 Å². The van der Waals surface area contributed by atoms with Gasteiger partial charge in [-0.25, -0.2) is 8.42 Å². The second-order valence-corrected chi connectivity index (χ2v) is 13.6. The molecule has 230 valence electrons. The maximum absolute atomic E-state index is 13.9. The summed E-state index contributed by atoms with van der Waals surface area (Å²) in [6.45, 7) is 1.33. The molecule has 0 bridgehead atoms. The number of hydrogen-bond acceptors (Lipinski definition) is 5. The van der Waals surface area contributed by atoms with Crippen molar-refractivity contribution in [3.05, 3.63) is 144 Å². The van der Waals surface area contributed by atoms with E-state index in [1.165, 1.54) is 42.0 Å². The van der Waals surface area contributed by atoms with Crippen molar-refractivity contribution in [1.82, 2.24) is 14.6 Å². The molecule has 0 saturated heterocycles. The minimum Gasteiger partial charge on any atom is -0.457 e. The monoisotopic (exact) mass is 617 g/mol. The fourth-order valence-corrected chi connectivity index (χ4v) is 7.18. The summed E-state index contributed by atoms with van der Waals surface area (Å²) in [4.78, 5) is 4.41. The number of para-hydroxylation sites is 1. The molecule has 1 saturated carbocycles. The Morgan fingerprint density at radius 2 is 1.29 bits per heavy atom. The zero-order chi connectivity index (χ0) is 30.9. The van der Waals surface area contributed by atoms with Gasteiger partial charge in [0, 0.05) is 38.1 Å². The van der Waals surface area contributed by atoms with Crippen LogP contribution in [0.25, 0.3) is 11.1 Å². The van der Waals surface area contributed by atoms with Crippen LogP contribution in [0.2, 0.25) is 0 Å². The van der Waals surface area contributed by atoms with Crippen molar-refractivity contribution in [2.75, 3.05) is 0 Å². The zero-order valence-electron chi connectivity index (χ0n) is 25.4. The Kier molecular flexibility index (Phi) is 10.0. The van der Waals surface area contributed by atoms with Gasteiger partial charge >= 0.3 is 0 Å². The van der Waals surface area contributed by atoms with Gasteiger partial charge in [0.2, 0.25) is 10.0 Å². The third-order valence-electron chi connectivity index (χ3n) is 8.32. The van der Waals surface area contributed by atoms with Gasteiger partial charge in [-0.05, 0) is 83.1 Å². The molecule has 4 aromatic carbocycles. The summed E-state index contributed by atoms with van der Waals surface area (Å²) >= 11 is 0. The minimum absolute atomic E-state index is 0.205. The molecule has 7 heteroatoms. The lowest BCUT2D eigenvalue weighted by Gasteiger charge is -2.23. The summed E-state index contributed by atoms with van der Waals surface area (Å²) in [5, 5.41) is 3.71. The first kappa shape index (κ1) is 30.7. The van der Waals surface area contributed by atoms with Crippen molar-refractivity contribution >= 4 is 10.0 Å². The van der Waals surface area contributed by atoms with Crippen LogP contribution >= 0.6 is 0 Å². The normalized spacial score (nSPS) is 14.0. The molecule has 1 N–H and O–H groups in total. The van der Waals surface area contributed by atoms with Gasteiger partial charge in [0.1, 0.15) is 11.5 Å². The molecule has 0 amide bonds. The lowest BCUT2D eigenvalue weighted by Crippen LogP contribution is -2.30. The molecule has 1 heterocycles. The maximum Gasteiger partial charge on any atom is 0.243 e. The van der Waals surface area contributed by atoms with Crippen molar-refractivity contribution in [3.8, 4) is 22.6 Å². The number of pyridine rings is 1. The number of nitrogens with zero attached hydrogens (tertiary/aromatic N) is 2. The van der Waals surface area contributed by atoms with E-state index in [9.17, 15) is 8.42 Å². The third-order valence-corrected chi connectivity index (χ3v) is 10.1. The third kappa shape index (κ3) is 8.25. The molecule has 45 heavy (non-hydrogen) atoms. The van der Waals surface area contributed by atoms with Gasteiger partial charge in [-0.3, -0.25) is 4.98 Å². The van der Waals surface area contributed by atoms with Crippen LogP contribution in [0.1, 0.15) is 48.8 Å². The highest BCUT2D eigenvalue weighted by molar-refractivity contribution is 7.89. The van der Waals surface area contributed by atoms with E-state index < -0.39 is 10.0 Å². The van der Waals surface area contributed by atoms with Gasteiger partial charge in [0.15, 0.2) is 0 Å². The van der Waals surface area contributed by atoms with Crippen LogP contribution in [0.15, 0.2) is 133 Å². The molecule has 5 aromatic rings. The van der Waals surface area contributed by atoms with Crippen LogP contribution < -0.4 is 10.1 Å². The number of sulfonamides is 1. The van der Waals surface area contributed by atoms with E-state index in [1.807, 2.05) is 54.6 Å². The van der Waals surface area contributed by atoms with Gasteiger partial charge in [-0.15, -0.1) is 0 Å². The fourth-order valence-electron chi connectivity index (χ4n) is 5.76. The molecule has 1 aliphatic carbocycles. The highest BCUT2D eigenvalue weighted by Crippen LogP contribution is 2.27. The first-order valence-electron chi connectivity index (χ1n) is 15.7. The van der Waals surface area contributed by atoms with Gasteiger partial charge in [0.25, 0.3) is 0 Å². The number of ether oxygens (including phenoxy) is 1. The Labute approximate surface area is 266 Å². The molecule has 0 aliphatic heterocycles. The number of aromatic nitrogens is 1. The topological polar surface area (TPSA) is 71.5 Å². The first-order chi connectivity index (χ1) is 22.0. The SMILES string of the molecule is O=S(=O)(c1ccc(Oc2ccccc2)cc1)N(Cc1ccc(-c2ccc(CNC3CCCCC3)cc2)cc1)Cc1cccnc1. The summed E-state index contributed by atoms with van der Waals surface area (Å²) in [6.07, 6.45) is 9.98. The summed E-state index contributed by atoms with van der Waals surface area (Å²) in [5.74, 6) is 1.26. The molecule has 6 nitrogen and oxygen atoms in total. The predicted octanol–water partition coefficient (Wildman–Crippen LogP) is 8.35. The first-order valence-corrected chi connectivity index (χ1v) is 17.1. The quantitative estimate of drug-likeness (QED) is 0.152. The van der Waals surface area contributed by atoms with Crippen molar-refractivity contribution in [2.24, 2.45) is 0 Å². The van der Waals surface area contributed by atoms with Crippen LogP contribution in [0.3, 0.4) is 0 Å². The highest BCUT2D eigenvalue weighted by atomic mass is 32.2. The minimum atomic E-state index is -3.82. The van der Waals surface area contributed by atoms with Gasteiger partial charge in [-0.2, -0.15) is 4.31 Å². The van der Waals surface area contributed by atoms with E-state index in [-0.39, 0.29) is 18.0 Å². The van der Waals surface area contributed by atoms with E-state index in [2.05, 4.69) is 46.7 Å². The second-order valence-electron chi connectivity index (χ2n) is 11.6. The Bertz CT molecular complexity index is 1740. The second kappa shape index (κ2) is 14.7. The molecular weight excluding hydrogens is 579 g/mol. The van der Waals surface area contributed by atoms with E-state index in [0.717, 1.165) is 28.8 Å². The summed E-state index contributed by atoms with van der Waals surface area (Å²) in [7, 11) is -3.82. The number of hydrogen-bond donors (Lipinski definition) is 1. The van der Waals surface area contributed by atoms with E-state index >= 15 is 0 Å². The van der Waals surface area contributed by atoms with Crippen LogP contribution in [-0.2, 0) is 29.7 Å². The summed E-state index contributed by atoms with van der Waals surface area (Å²) in [5.41, 5.74) is 5.25. The van der Waals surface area contributed by atoms with Crippen molar-refractivity contribution in [1.29, 1.82) is 0 Å². The molecule has 1 aromatic heterocycles. The molecular formula is C38H39N3O3S. The Hall–Kier alpha value is -4.30. The van der Waals surface area contributed by atoms with Crippen LogP contribution in [-0.4, -0.2) is 23.7 Å². The number of rotatable bonds is 12. The molecule has 0 unspecified atom stereocenters. The van der Waals surface area contributed by atoms with E-state index in [4.69, 9.17) is 4.74 Å². The Morgan fingerprint density at radius 3 is 1.93 bits per heavy atom. The number of nitrogens with one attached hydrogen (secondary N) is 1. The Balaban J connectivity index is 1.15. The highest BCUT2D eigenvalue weighted by Gasteiger charge is 2.25. The predicted molar refractivity (Wildman–Crippen MR) is 179 cm³/mol. The lowest BCUT2D eigenvalue weighted by molar-refractivity contribution is 0.372. The van der Waals surface area contributed by atoms with Gasteiger partial charge in [-0.1, -0.05) is 92.1 Å². The van der Waals surface area contributed by atoms with Crippen LogP contribution in [0, 0.1) is 0 Å². The zero-order valence-corrected chi connectivity index (χ0v) is 26.2. The van der Waals surface area contributed by atoms with Gasteiger partial charge < -0.3 is 10.1 Å². The van der Waals surface area contributed by atoms with Crippen molar-refractivity contribution in [2.45, 2.75) is 62.7 Å². The van der Waals surface area contributed by atoms with Crippen molar-refractivity contribution in [3.63, 3.8) is 0 Å². The molecule has 0 radical (unpaired) electrons. The Morgan fingerprint density at radius 1 is 0.667 bits per heavy atom. The fraction of sp³-hybridized carbons (Fsp3) is 0.237. The van der Waals surface area contributed by atoms with Crippen LogP contribution in [0.4, 0.5) is 0 Å². The standard InChI is InChI=1S/C38H39N3O3S/c42-45(43,38-23-21-37(22-24-38)44-36-11-5-2-6-12-36)41(29-32-8-7-25-39-26-32)28-31-15-19-34(20-16-31)33-17-13-30(14-18-33)27-40-35-9-3-1-4-10-35/h2,5-8,11-26,35,40H,1,3-4,9-10,27-29H2.